The number of halogens is 6. The van der Waals surface area contributed by atoms with Crippen molar-refractivity contribution in [3.05, 3.63) is 64.2 Å². The molecule has 1 fully saturated rings. The Morgan fingerprint density at radius 1 is 1.10 bits per heavy atom. The fourth-order valence-corrected chi connectivity index (χ4v) is 7.43. The third-order valence-electron chi connectivity index (χ3n) is 7.85. The van der Waals surface area contributed by atoms with Crippen molar-refractivity contribution in [1.82, 2.24) is 4.90 Å². The van der Waals surface area contributed by atoms with Crippen LogP contribution in [0, 0.1) is 17.6 Å². The molecule has 2 aromatic carbocycles. The lowest BCUT2D eigenvalue weighted by atomic mass is 9.60. The first-order valence-corrected chi connectivity index (χ1v) is 15.4. The van der Waals surface area contributed by atoms with Crippen molar-refractivity contribution >= 4 is 27.3 Å². The Morgan fingerprint density at radius 3 is 2.44 bits per heavy atom. The van der Waals surface area contributed by atoms with Gasteiger partial charge in [-0.2, -0.15) is 13.2 Å². The van der Waals surface area contributed by atoms with E-state index < -0.39 is 63.3 Å². The minimum atomic E-state index is -4.59. The van der Waals surface area contributed by atoms with Crippen LogP contribution in [0.2, 0.25) is 5.02 Å². The van der Waals surface area contributed by atoms with Crippen LogP contribution in [0.5, 0.6) is 5.75 Å². The molecular formula is C28H31ClF5NO5S. The van der Waals surface area contributed by atoms with E-state index in [0.717, 1.165) is 24.6 Å². The maximum absolute atomic E-state index is 15.4. The number of rotatable bonds is 10. The summed E-state index contributed by atoms with van der Waals surface area (Å²) in [5.41, 5.74) is -0.00763. The SMILES string of the molecule is CC(=O)N(CCCS(=O)(=O)CC[C@@H]1OCC[C@@]2(Cc3ccc(Cl)cc3)c3c(F)ccc(F)c3OC[C@@H]12)CC(F)(F)F. The number of hydrogen-bond acceptors (Lipinski definition) is 5. The minimum absolute atomic E-state index is 0.0172. The molecule has 4 rings (SSSR count). The molecule has 2 aliphatic heterocycles. The summed E-state index contributed by atoms with van der Waals surface area (Å²) in [6, 6.07) is 9.08. The maximum Gasteiger partial charge on any atom is 0.406 e. The number of carbonyl (C=O) groups excluding carboxylic acids is 1. The normalized spacial score (nSPS) is 22.4. The molecule has 2 heterocycles. The predicted molar refractivity (Wildman–Crippen MR) is 143 cm³/mol. The lowest BCUT2D eigenvalue weighted by Gasteiger charge is -2.51. The zero-order valence-corrected chi connectivity index (χ0v) is 23.9. The van der Waals surface area contributed by atoms with E-state index in [0.29, 0.717) is 22.8 Å². The molecule has 0 aromatic heterocycles. The topological polar surface area (TPSA) is 72.9 Å². The summed E-state index contributed by atoms with van der Waals surface area (Å²) in [7, 11) is -3.73. The van der Waals surface area contributed by atoms with Gasteiger partial charge in [0.25, 0.3) is 0 Å². The highest BCUT2D eigenvalue weighted by atomic mass is 35.5. The van der Waals surface area contributed by atoms with Crippen molar-refractivity contribution in [1.29, 1.82) is 0 Å². The van der Waals surface area contributed by atoms with Crippen molar-refractivity contribution in [3.8, 4) is 5.75 Å². The number of sulfone groups is 1. The van der Waals surface area contributed by atoms with Crippen LogP contribution in [0.4, 0.5) is 22.0 Å². The number of alkyl halides is 3. The summed E-state index contributed by atoms with van der Waals surface area (Å²) >= 11 is 6.05. The molecule has 0 radical (unpaired) electrons. The van der Waals surface area contributed by atoms with Crippen LogP contribution in [-0.2, 0) is 31.2 Å². The van der Waals surface area contributed by atoms with Gasteiger partial charge in [-0.1, -0.05) is 23.7 Å². The Morgan fingerprint density at radius 2 is 1.78 bits per heavy atom. The lowest BCUT2D eigenvalue weighted by Crippen LogP contribution is -2.55. The zero-order chi connectivity index (χ0) is 30.0. The number of hydrogen-bond donors (Lipinski definition) is 0. The Hall–Kier alpha value is -2.44. The van der Waals surface area contributed by atoms with E-state index in [-0.39, 0.29) is 49.7 Å². The molecule has 0 bridgehead atoms. The van der Waals surface area contributed by atoms with E-state index in [4.69, 9.17) is 21.1 Å². The van der Waals surface area contributed by atoms with Crippen molar-refractivity contribution in [3.63, 3.8) is 0 Å². The van der Waals surface area contributed by atoms with Gasteiger partial charge >= 0.3 is 6.18 Å². The van der Waals surface area contributed by atoms with Gasteiger partial charge in [0.1, 0.15) is 22.2 Å². The predicted octanol–water partition coefficient (Wildman–Crippen LogP) is 5.50. The van der Waals surface area contributed by atoms with E-state index in [1.165, 1.54) is 0 Å². The molecule has 0 unspecified atom stereocenters. The van der Waals surface area contributed by atoms with Crippen LogP contribution in [0.25, 0.3) is 0 Å². The van der Waals surface area contributed by atoms with Gasteiger partial charge in [-0.25, -0.2) is 17.2 Å². The standard InChI is InChI=1S/C28H31ClF5NO5S/c1-18(36)35(17-28(32,33)34)11-2-13-41(37,38)14-9-24-21-16-40-26-23(31)8-7-22(30)25(26)27(21,10-12-39-24)15-19-3-5-20(29)6-4-19/h3-8,21,24H,2,9-17H2,1H3/t21-,24-,27-/m0/s1. The van der Waals surface area contributed by atoms with E-state index in [2.05, 4.69) is 0 Å². The second kappa shape index (κ2) is 12.4. The summed E-state index contributed by atoms with van der Waals surface area (Å²) in [5, 5.41) is 0.521. The monoisotopic (exact) mass is 623 g/mol. The summed E-state index contributed by atoms with van der Waals surface area (Å²) in [6.07, 6.45) is -4.72. The van der Waals surface area contributed by atoms with Crippen molar-refractivity contribution in [2.24, 2.45) is 5.92 Å². The first kappa shape index (κ1) is 31.5. The van der Waals surface area contributed by atoms with Gasteiger partial charge in [-0.05, 0) is 55.5 Å². The number of carbonyl (C=O) groups is 1. The molecule has 2 aliphatic rings. The highest BCUT2D eigenvalue weighted by Crippen LogP contribution is 2.52. The Balaban J connectivity index is 1.52. The summed E-state index contributed by atoms with van der Waals surface area (Å²) in [4.78, 5) is 12.1. The Labute approximate surface area is 240 Å². The van der Waals surface area contributed by atoms with Crippen molar-refractivity contribution in [2.45, 2.75) is 50.3 Å². The molecule has 13 heteroatoms. The van der Waals surface area contributed by atoms with E-state index in [1.54, 1.807) is 24.3 Å². The Kier molecular flexibility index (Phi) is 9.55. The second-order valence-electron chi connectivity index (χ2n) is 10.6. The van der Waals surface area contributed by atoms with E-state index >= 15 is 4.39 Å². The molecule has 2 aromatic rings. The summed E-state index contributed by atoms with van der Waals surface area (Å²) in [6.45, 7) is -0.646. The molecular weight excluding hydrogens is 593 g/mol. The molecule has 6 nitrogen and oxygen atoms in total. The second-order valence-corrected chi connectivity index (χ2v) is 13.4. The first-order chi connectivity index (χ1) is 19.2. The molecule has 41 heavy (non-hydrogen) atoms. The van der Waals surface area contributed by atoms with Crippen molar-refractivity contribution < 1.29 is 44.6 Å². The number of nitrogens with zero attached hydrogens (tertiary/aromatic N) is 1. The molecule has 0 aliphatic carbocycles. The number of fused-ring (bicyclic) bond motifs is 3. The number of benzene rings is 2. The fourth-order valence-electron chi connectivity index (χ4n) is 5.93. The zero-order valence-electron chi connectivity index (χ0n) is 22.4. The smallest absolute Gasteiger partial charge is 0.406 e. The van der Waals surface area contributed by atoms with Gasteiger partial charge in [-0.15, -0.1) is 0 Å². The quantitative estimate of drug-likeness (QED) is 0.327. The van der Waals surface area contributed by atoms with Gasteiger partial charge in [0, 0.05) is 42.0 Å². The lowest BCUT2D eigenvalue weighted by molar-refractivity contribution is -0.159. The first-order valence-electron chi connectivity index (χ1n) is 13.2. The van der Waals surface area contributed by atoms with Crippen LogP contribution in [0.1, 0.15) is 37.3 Å². The van der Waals surface area contributed by atoms with Crippen LogP contribution in [0.15, 0.2) is 36.4 Å². The van der Waals surface area contributed by atoms with Gasteiger partial charge < -0.3 is 14.4 Å². The van der Waals surface area contributed by atoms with Gasteiger partial charge in [0.05, 0.1) is 24.2 Å². The molecule has 0 spiro atoms. The van der Waals surface area contributed by atoms with Crippen molar-refractivity contribution in [2.75, 3.05) is 37.8 Å². The van der Waals surface area contributed by atoms with Gasteiger partial charge in [0.15, 0.2) is 11.6 Å². The molecule has 0 saturated carbocycles. The van der Waals surface area contributed by atoms with Crippen LogP contribution in [0.3, 0.4) is 0 Å². The van der Waals surface area contributed by atoms with Gasteiger partial charge in [0.2, 0.25) is 5.91 Å². The molecule has 1 saturated heterocycles. The highest BCUT2D eigenvalue weighted by molar-refractivity contribution is 7.91. The molecule has 1 amide bonds. The fraction of sp³-hybridized carbons (Fsp3) is 0.536. The third kappa shape index (κ3) is 7.50. The molecule has 0 N–H and O–H groups in total. The van der Waals surface area contributed by atoms with Crippen LogP contribution < -0.4 is 4.74 Å². The van der Waals surface area contributed by atoms with Crippen LogP contribution in [-0.4, -0.2) is 69.3 Å². The maximum atomic E-state index is 15.4. The van der Waals surface area contributed by atoms with E-state index in [9.17, 15) is 30.8 Å². The largest absolute Gasteiger partial charge is 0.490 e. The third-order valence-corrected chi connectivity index (χ3v) is 9.87. The van der Waals surface area contributed by atoms with Gasteiger partial charge in [-0.3, -0.25) is 4.79 Å². The minimum Gasteiger partial charge on any atom is -0.490 e. The average Bonchev–Trinajstić information content (AvgIpc) is 2.89. The van der Waals surface area contributed by atoms with Crippen LogP contribution >= 0.6 is 11.6 Å². The average molecular weight is 624 g/mol. The Bertz CT molecular complexity index is 1350. The molecule has 3 atom stereocenters. The summed E-state index contributed by atoms with van der Waals surface area (Å²) in [5.74, 6) is -3.52. The molecule has 226 valence electrons. The number of ether oxygens (including phenoxy) is 2. The van der Waals surface area contributed by atoms with E-state index in [1.807, 2.05) is 0 Å². The highest BCUT2D eigenvalue weighted by Gasteiger charge is 2.53. The number of amides is 1. The summed E-state index contributed by atoms with van der Waals surface area (Å²) < 4.78 is 106.